The van der Waals surface area contributed by atoms with E-state index >= 15 is 0 Å². The van der Waals surface area contributed by atoms with Gasteiger partial charge in [0.15, 0.2) is 0 Å². The predicted molar refractivity (Wildman–Crippen MR) is 78.4 cm³/mol. The minimum absolute atomic E-state index is 0.236. The lowest BCUT2D eigenvalue weighted by Gasteiger charge is -2.24. The van der Waals surface area contributed by atoms with Crippen molar-refractivity contribution in [2.45, 2.75) is 19.1 Å². The van der Waals surface area contributed by atoms with Crippen molar-refractivity contribution in [3.8, 4) is 5.75 Å². The Kier molecular flexibility index (Phi) is 4.55. The predicted octanol–water partition coefficient (Wildman–Crippen LogP) is 2.39. The molecular weight excluding hydrogens is 271 g/mol. The first-order chi connectivity index (χ1) is 10.0. The average Bonchev–Trinajstić information content (AvgIpc) is 2.45. The zero-order valence-electron chi connectivity index (χ0n) is 11.6. The molecule has 1 amide bonds. The molecule has 0 aliphatic carbocycles. The summed E-state index contributed by atoms with van der Waals surface area (Å²) < 4.78 is 19.7. The van der Waals surface area contributed by atoms with E-state index in [1.54, 1.807) is 49.4 Å². The summed E-state index contributed by atoms with van der Waals surface area (Å²) in [6.07, 6.45) is -0.716. The number of ether oxygens (including phenoxy) is 1. The smallest absolute Gasteiger partial charge is 0.252 e. The van der Waals surface area contributed by atoms with Crippen molar-refractivity contribution in [1.82, 2.24) is 0 Å². The number of nitrogens with two attached hydrogens (primary N) is 2. The zero-order chi connectivity index (χ0) is 15.4. The Labute approximate surface area is 122 Å². The Morgan fingerprint density at radius 3 is 2.38 bits per heavy atom. The fraction of sp³-hybridized carbons (Fsp3) is 0.188. The highest BCUT2D eigenvalue weighted by Crippen LogP contribution is 2.28. The lowest BCUT2D eigenvalue weighted by atomic mass is 10.0. The van der Waals surface area contributed by atoms with E-state index in [2.05, 4.69) is 0 Å². The number of carbonyl (C=O) groups is 1. The summed E-state index contributed by atoms with van der Waals surface area (Å²) in [5.74, 6) is -0.727. The molecule has 0 spiro atoms. The second-order valence-electron chi connectivity index (χ2n) is 4.78. The largest absolute Gasteiger partial charge is 0.483 e. The van der Waals surface area contributed by atoms with Gasteiger partial charge < -0.3 is 16.2 Å². The van der Waals surface area contributed by atoms with Gasteiger partial charge in [0.2, 0.25) is 0 Å². The maximum Gasteiger partial charge on any atom is 0.252 e. The summed E-state index contributed by atoms with van der Waals surface area (Å²) in [5.41, 5.74) is 11.8. The Balaban J connectivity index is 2.39. The summed E-state index contributed by atoms with van der Waals surface area (Å²) in [5, 5.41) is 0. The van der Waals surface area contributed by atoms with Crippen molar-refractivity contribution >= 4 is 5.91 Å². The first-order valence-electron chi connectivity index (χ1n) is 6.56. The molecule has 2 aromatic carbocycles. The Bertz CT molecular complexity index is 644. The third kappa shape index (κ3) is 3.38. The molecule has 2 rings (SSSR count). The second kappa shape index (κ2) is 6.37. The number of primary amides is 1. The van der Waals surface area contributed by atoms with Gasteiger partial charge in [-0.1, -0.05) is 30.3 Å². The number of rotatable bonds is 5. The lowest BCUT2D eigenvalue weighted by Crippen LogP contribution is -2.30. The molecule has 0 saturated heterocycles. The van der Waals surface area contributed by atoms with E-state index < -0.39 is 23.9 Å². The van der Waals surface area contributed by atoms with Crippen LogP contribution in [-0.2, 0) is 0 Å². The number of benzene rings is 2. The molecule has 0 saturated carbocycles. The fourth-order valence-electron chi connectivity index (χ4n) is 2.07. The van der Waals surface area contributed by atoms with Gasteiger partial charge in [0, 0.05) is 11.6 Å². The number of para-hydroxylation sites is 1. The molecule has 0 bridgehead atoms. The minimum atomic E-state index is -0.716. The van der Waals surface area contributed by atoms with Crippen molar-refractivity contribution in [1.29, 1.82) is 0 Å². The van der Waals surface area contributed by atoms with Crippen LogP contribution in [0.25, 0.3) is 0 Å². The number of amides is 1. The maximum absolute atomic E-state index is 13.9. The quantitative estimate of drug-likeness (QED) is 0.886. The van der Waals surface area contributed by atoms with Crippen LogP contribution in [0, 0.1) is 5.82 Å². The summed E-state index contributed by atoms with van der Waals surface area (Å²) >= 11 is 0. The van der Waals surface area contributed by atoms with Crippen molar-refractivity contribution in [3.05, 3.63) is 65.5 Å². The lowest BCUT2D eigenvalue weighted by molar-refractivity contribution is 0.0990. The van der Waals surface area contributed by atoms with Crippen LogP contribution in [0.5, 0.6) is 5.75 Å². The summed E-state index contributed by atoms with van der Waals surface area (Å²) in [6.45, 7) is 1.71. The van der Waals surface area contributed by atoms with E-state index in [0.717, 1.165) is 0 Å². The molecule has 2 atom stereocenters. The van der Waals surface area contributed by atoms with Gasteiger partial charge in [0.1, 0.15) is 17.7 Å². The van der Waals surface area contributed by atoms with Crippen LogP contribution in [0.4, 0.5) is 4.39 Å². The van der Waals surface area contributed by atoms with Gasteiger partial charge in [-0.25, -0.2) is 4.39 Å². The van der Waals surface area contributed by atoms with Crippen molar-refractivity contribution in [2.75, 3.05) is 0 Å². The van der Waals surface area contributed by atoms with E-state index in [1.165, 1.54) is 6.07 Å². The highest BCUT2D eigenvalue weighted by molar-refractivity contribution is 5.95. The first-order valence-corrected chi connectivity index (χ1v) is 6.56. The number of halogens is 1. The normalized spacial score (nSPS) is 13.5. The van der Waals surface area contributed by atoms with Gasteiger partial charge >= 0.3 is 0 Å². The van der Waals surface area contributed by atoms with Gasteiger partial charge in [-0.15, -0.1) is 0 Å². The van der Waals surface area contributed by atoms with Crippen LogP contribution in [0.3, 0.4) is 0 Å². The van der Waals surface area contributed by atoms with E-state index in [4.69, 9.17) is 16.2 Å². The van der Waals surface area contributed by atoms with Gasteiger partial charge in [-0.2, -0.15) is 0 Å². The third-order valence-electron chi connectivity index (χ3n) is 3.10. The van der Waals surface area contributed by atoms with Gasteiger partial charge in [0.25, 0.3) is 5.91 Å². The van der Waals surface area contributed by atoms with Crippen LogP contribution < -0.4 is 16.2 Å². The highest BCUT2D eigenvalue weighted by Gasteiger charge is 2.23. The third-order valence-corrected chi connectivity index (χ3v) is 3.10. The summed E-state index contributed by atoms with van der Waals surface area (Å²) in [4.78, 5) is 11.4. The molecule has 110 valence electrons. The van der Waals surface area contributed by atoms with Crippen molar-refractivity contribution < 1.29 is 13.9 Å². The molecule has 0 heterocycles. The molecule has 21 heavy (non-hydrogen) atoms. The van der Waals surface area contributed by atoms with Crippen LogP contribution in [-0.4, -0.2) is 11.9 Å². The maximum atomic E-state index is 13.9. The Morgan fingerprint density at radius 1 is 1.14 bits per heavy atom. The molecule has 2 unspecified atom stereocenters. The summed E-state index contributed by atoms with van der Waals surface area (Å²) in [6, 6.07) is 12.3. The Hall–Kier alpha value is -2.40. The van der Waals surface area contributed by atoms with Gasteiger partial charge in [0.05, 0.1) is 5.56 Å². The molecule has 0 radical (unpaired) electrons. The molecular formula is C16H17FN2O2. The molecule has 4 nitrogen and oxygen atoms in total. The molecule has 0 aliphatic heterocycles. The number of hydrogen-bond donors (Lipinski definition) is 2. The minimum Gasteiger partial charge on any atom is -0.483 e. The van der Waals surface area contributed by atoms with Crippen LogP contribution >= 0.6 is 0 Å². The first kappa shape index (κ1) is 15.0. The number of carbonyl (C=O) groups excluding carboxylic acids is 1. The molecule has 2 aromatic rings. The SMILES string of the molecule is CC(N)C(Oc1ccccc1C(N)=O)c1ccccc1F. The van der Waals surface area contributed by atoms with E-state index in [-0.39, 0.29) is 11.3 Å². The van der Waals surface area contributed by atoms with E-state index in [1.807, 2.05) is 0 Å². The molecule has 0 fully saturated rings. The van der Waals surface area contributed by atoms with Crippen LogP contribution in [0.2, 0.25) is 0 Å². The van der Waals surface area contributed by atoms with Crippen molar-refractivity contribution in [3.63, 3.8) is 0 Å². The number of hydrogen-bond acceptors (Lipinski definition) is 3. The van der Waals surface area contributed by atoms with E-state index in [9.17, 15) is 9.18 Å². The zero-order valence-corrected chi connectivity index (χ0v) is 11.6. The van der Waals surface area contributed by atoms with Gasteiger partial charge in [-0.05, 0) is 25.1 Å². The van der Waals surface area contributed by atoms with E-state index in [0.29, 0.717) is 5.56 Å². The molecule has 0 aliphatic rings. The molecule has 5 heteroatoms. The Morgan fingerprint density at radius 2 is 1.76 bits per heavy atom. The van der Waals surface area contributed by atoms with Crippen molar-refractivity contribution in [2.24, 2.45) is 11.5 Å². The monoisotopic (exact) mass is 288 g/mol. The highest BCUT2D eigenvalue weighted by atomic mass is 19.1. The molecule has 0 aromatic heterocycles. The standard InChI is InChI=1S/C16H17FN2O2/c1-10(18)15(11-6-2-4-8-13(11)17)21-14-9-5-3-7-12(14)16(19)20/h2-10,15H,18H2,1H3,(H2,19,20). The van der Waals surface area contributed by atoms with Crippen LogP contribution in [0.15, 0.2) is 48.5 Å². The molecule has 4 N–H and O–H groups in total. The fourth-order valence-corrected chi connectivity index (χ4v) is 2.07. The second-order valence-corrected chi connectivity index (χ2v) is 4.78. The topological polar surface area (TPSA) is 78.3 Å². The average molecular weight is 288 g/mol. The van der Waals surface area contributed by atoms with Crippen LogP contribution in [0.1, 0.15) is 28.9 Å². The van der Waals surface area contributed by atoms with Gasteiger partial charge in [-0.3, -0.25) is 4.79 Å². The summed E-state index contributed by atoms with van der Waals surface area (Å²) in [7, 11) is 0.